The Labute approximate surface area is 75.4 Å². The van der Waals surface area contributed by atoms with E-state index in [0.29, 0.717) is 5.54 Å². The van der Waals surface area contributed by atoms with E-state index in [2.05, 4.69) is 0 Å². The van der Waals surface area contributed by atoms with Crippen LogP contribution in [0.1, 0.15) is 25.7 Å². The molecule has 1 rings (SSSR count). The molecule has 0 unspecified atom stereocenters. The molecule has 72 valence electrons. The van der Waals surface area contributed by atoms with Gasteiger partial charge in [-0.25, -0.2) is 0 Å². The van der Waals surface area contributed by atoms with Crippen molar-refractivity contribution in [3.8, 4) is 0 Å². The third-order valence-corrected chi connectivity index (χ3v) is 5.99. The summed E-state index contributed by atoms with van der Waals surface area (Å²) in [6.45, 7) is 0. The molecule has 1 fully saturated rings. The first kappa shape index (κ1) is 10.2. The van der Waals surface area contributed by atoms with Crippen LogP contribution in [-0.2, 0) is 13.3 Å². The van der Waals surface area contributed by atoms with Crippen LogP contribution in [0.3, 0.4) is 0 Å². The molecule has 0 amide bonds. The summed E-state index contributed by atoms with van der Waals surface area (Å²) < 4.78 is 16.2. The van der Waals surface area contributed by atoms with E-state index < -0.39 is 8.80 Å². The predicted octanol–water partition coefficient (Wildman–Crippen LogP) is 1.81. The maximum atomic E-state index is 5.41. The van der Waals surface area contributed by atoms with Crippen molar-refractivity contribution >= 4 is 8.80 Å². The lowest BCUT2D eigenvalue weighted by Crippen LogP contribution is -2.46. The molecule has 0 bridgehead atoms. The minimum atomic E-state index is -2.28. The zero-order valence-corrected chi connectivity index (χ0v) is 9.13. The Hall–Kier alpha value is 0.0969. The Kier molecular flexibility index (Phi) is 3.70. The average Bonchev–Trinajstić information content (AvgIpc) is 2.62. The van der Waals surface area contributed by atoms with E-state index >= 15 is 0 Å². The van der Waals surface area contributed by atoms with Gasteiger partial charge >= 0.3 is 8.80 Å². The standard InChI is InChI=1S/C8H18O3Si/c1-9-12(10-2,11-3)8-6-4-5-7-8/h8H,4-7H2,1-3H3. The van der Waals surface area contributed by atoms with Crippen LogP contribution in [0.25, 0.3) is 0 Å². The number of hydrogen-bond donors (Lipinski definition) is 0. The molecule has 0 saturated heterocycles. The normalized spacial score (nSPS) is 20.2. The van der Waals surface area contributed by atoms with Crippen molar-refractivity contribution in [2.24, 2.45) is 0 Å². The van der Waals surface area contributed by atoms with Crippen LogP contribution in [0.15, 0.2) is 0 Å². The molecule has 0 aromatic rings. The molecule has 1 aliphatic carbocycles. The second-order valence-corrected chi connectivity index (χ2v) is 6.45. The van der Waals surface area contributed by atoms with Crippen molar-refractivity contribution in [3.05, 3.63) is 0 Å². The van der Waals surface area contributed by atoms with Crippen LogP contribution in [0.5, 0.6) is 0 Å². The van der Waals surface area contributed by atoms with Gasteiger partial charge in [0.15, 0.2) is 0 Å². The van der Waals surface area contributed by atoms with Gasteiger partial charge in [-0.15, -0.1) is 0 Å². The highest BCUT2D eigenvalue weighted by molar-refractivity contribution is 6.62. The minimum absolute atomic E-state index is 0.525. The van der Waals surface area contributed by atoms with Crippen LogP contribution in [-0.4, -0.2) is 30.1 Å². The summed E-state index contributed by atoms with van der Waals surface area (Å²) in [6.07, 6.45) is 4.97. The monoisotopic (exact) mass is 190 g/mol. The number of rotatable bonds is 4. The molecule has 0 aromatic heterocycles. The zero-order valence-electron chi connectivity index (χ0n) is 8.13. The molecule has 0 aliphatic heterocycles. The molecule has 0 aromatic carbocycles. The molecule has 0 atom stereocenters. The lowest BCUT2D eigenvalue weighted by molar-refractivity contribution is 0.111. The Morgan fingerprint density at radius 3 is 1.67 bits per heavy atom. The Morgan fingerprint density at radius 2 is 1.33 bits per heavy atom. The summed E-state index contributed by atoms with van der Waals surface area (Å²) in [4.78, 5) is 0. The summed E-state index contributed by atoms with van der Waals surface area (Å²) in [6, 6.07) is 0. The number of hydrogen-bond acceptors (Lipinski definition) is 3. The first-order valence-electron chi connectivity index (χ1n) is 4.44. The molecule has 3 nitrogen and oxygen atoms in total. The first-order valence-corrected chi connectivity index (χ1v) is 6.24. The maximum absolute atomic E-state index is 5.41. The summed E-state index contributed by atoms with van der Waals surface area (Å²) in [5, 5.41) is 0. The molecule has 12 heavy (non-hydrogen) atoms. The smallest absolute Gasteiger partial charge is 0.377 e. The Balaban J connectivity index is 2.61. The van der Waals surface area contributed by atoms with Crippen molar-refractivity contribution in [1.29, 1.82) is 0 Å². The Morgan fingerprint density at radius 1 is 0.917 bits per heavy atom. The second-order valence-electron chi connectivity index (χ2n) is 3.20. The first-order chi connectivity index (χ1) is 5.79. The lowest BCUT2D eigenvalue weighted by atomic mass is 10.4. The van der Waals surface area contributed by atoms with Crippen LogP contribution < -0.4 is 0 Å². The van der Waals surface area contributed by atoms with Gasteiger partial charge in [-0.3, -0.25) is 0 Å². The molecule has 0 spiro atoms. The van der Waals surface area contributed by atoms with Crippen LogP contribution in [0.4, 0.5) is 0 Å². The zero-order chi connectivity index (χ0) is 9.03. The lowest BCUT2D eigenvalue weighted by Gasteiger charge is -2.29. The largest absolute Gasteiger partial charge is 0.503 e. The minimum Gasteiger partial charge on any atom is -0.377 e. The third kappa shape index (κ3) is 1.71. The molecule has 1 saturated carbocycles. The van der Waals surface area contributed by atoms with E-state index in [1.54, 1.807) is 21.3 Å². The van der Waals surface area contributed by atoms with Crippen LogP contribution >= 0.6 is 0 Å². The van der Waals surface area contributed by atoms with E-state index in [-0.39, 0.29) is 0 Å². The molecule has 1 aliphatic rings. The third-order valence-electron chi connectivity index (χ3n) is 2.71. The summed E-state index contributed by atoms with van der Waals surface area (Å²) in [5.74, 6) is 0. The highest BCUT2D eigenvalue weighted by Crippen LogP contribution is 2.39. The van der Waals surface area contributed by atoms with Gasteiger partial charge in [-0.2, -0.15) is 0 Å². The fourth-order valence-electron chi connectivity index (χ4n) is 2.03. The van der Waals surface area contributed by atoms with Gasteiger partial charge in [0, 0.05) is 26.9 Å². The van der Waals surface area contributed by atoms with Crippen LogP contribution in [0.2, 0.25) is 5.54 Å². The molecule has 0 N–H and O–H groups in total. The van der Waals surface area contributed by atoms with E-state index in [4.69, 9.17) is 13.3 Å². The van der Waals surface area contributed by atoms with Crippen molar-refractivity contribution in [3.63, 3.8) is 0 Å². The summed E-state index contributed by atoms with van der Waals surface area (Å²) >= 11 is 0. The predicted molar refractivity (Wildman–Crippen MR) is 49.0 cm³/mol. The van der Waals surface area contributed by atoms with Gasteiger partial charge in [0.25, 0.3) is 0 Å². The van der Waals surface area contributed by atoms with Crippen molar-refractivity contribution in [2.75, 3.05) is 21.3 Å². The molecule has 0 heterocycles. The van der Waals surface area contributed by atoms with Crippen molar-refractivity contribution in [2.45, 2.75) is 31.2 Å². The van der Waals surface area contributed by atoms with Crippen molar-refractivity contribution in [1.82, 2.24) is 0 Å². The highest BCUT2D eigenvalue weighted by Gasteiger charge is 2.47. The fraction of sp³-hybridized carbons (Fsp3) is 1.00. The maximum Gasteiger partial charge on any atom is 0.503 e. The molecular formula is C8H18O3Si. The van der Waals surface area contributed by atoms with Crippen molar-refractivity contribution < 1.29 is 13.3 Å². The van der Waals surface area contributed by atoms with E-state index in [1.165, 1.54) is 25.7 Å². The van der Waals surface area contributed by atoms with Gasteiger partial charge < -0.3 is 13.3 Å². The summed E-state index contributed by atoms with van der Waals surface area (Å²) in [5.41, 5.74) is 0.525. The fourth-order valence-corrected chi connectivity index (χ4v) is 4.64. The average molecular weight is 190 g/mol. The summed E-state index contributed by atoms with van der Waals surface area (Å²) in [7, 11) is 2.79. The van der Waals surface area contributed by atoms with Gasteiger partial charge in [-0.1, -0.05) is 12.8 Å². The second kappa shape index (κ2) is 4.37. The molecular weight excluding hydrogens is 172 g/mol. The van der Waals surface area contributed by atoms with Gasteiger partial charge in [-0.05, 0) is 12.8 Å². The highest BCUT2D eigenvalue weighted by atomic mass is 28.4. The Bertz CT molecular complexity index is 122. The quantitative estimate of drug-likeness (QED) is 0.633. The van der Waals surface area contributed by atoms with E-state index in [1.807, 2.05) is 0 Å². The van der Waals surface area contributed by atoms with Gasteiger partial charge in [0.2, 0.25) is 0 Å². The van der Waals surface area contributed by atoms with E-state index in [9.17, 15) is 0 Å². The van der Waals surface area contributed by atoms with Gasteiger partial charge in [0.05, 0.1) is 0 Å². The van der Waals surface area contributed by atoms with Gasteiger partial charge in [0.1, 0.15) is 0 Å². The SMILES string of the molecule is CO[Si](OC)(OC)C1CCCC1. The molecule has 0 radical (unpaired) electrons. The van der Waals surface area contributed by atoms with Crippen LogP contribution in [0, 0.1) is 0 Å². The molecule has 4 heteroatoms. The topological polar surface area (TPSA) is 27.7 Å². The van der Waals surface area contributed by atoms with E-state index in [0.717, 1.165) is 0 Å².